The Morgan fingerprint density at radius 2 is 1.94 bits per heavy atom. The number of carbonyl (C=O) groups excluding carboxylic acids is 1. The van der Waals surface area contributed by atoms with Crippen LogP contribution in [0.3, 0.4) is 0 Å². The van der Waals surface area contributed by atoms with Crippen molar-refractivity contribution in [1.29, 1.82) is 0 Å². The third-order valence-corrected chi connectivity index (χ3v) is 2.76. The predicted molar refractivity (Wildman–Crippen MR) is 71.8 cm³/mol. The van der Waals surface area contributed by atoms with E-state index in [9.17, 15) is 9.90 Å². The van der Waals surface area contributed by atoms with Crippen LogP contribution in [-0.4, -0.2) is 23.7 Å². The molecule has 1 aromatic carbocycles. The van der Waals surface area contributed by atoms with Gasteiger partial charge in [-0.2, -0.15) is 0 Å². The Kier molecular flexibility index (Phi) is 5.82. The number of hydrogen-bond acceptors (Lipinski definition) is 3. The fourth-order valence-electron chi connectivity index (χ4n) is 1.81. The lowest BCUT2D eigenvalue weighted by Crippen LogP contribution is -2.43. The number of nitrogens with one attached hydrogen (secondary N) is 1. The van der Waals surface area contributed by atoms with E-state index in [4.69, 9.17) is 5.73 Å². The standard InChI is InChI=1S/C14H22N2O2/c1-10(2)8-12(15)14(18)16-13(9-17)11-6-4-3-5-7-11/h3-7,10,12-13,17H,8-9,15H2,1-2H3,(H,16,18). The van der Waals surface area contributed by atoms with Crippen molar-refractivity contribution < 1.29 is 9.90 Å². The second kappa shape index (κ2) is 7.13. The number of aliphatic hydroxyl groups is 1. The Morgan fingerprint density at radius 3 is 2.44 bits per heavy atom. The molecule has 18 heavy (non-hydrogen) atoms. The van der Waals surface area contributed by atoms with E-state index in [0.29, 0.717) is 12.3 Å². The lowest BCUT2D eigenvalue weighted by atomic mass is 10.0. The summed E-state index contributed by atoms with van der Waals surface area (Å²) in [6, 6.07) is 8.46. The van der Waals surface area contributed by atoms with Gasteiger partial charge in [0.25, 0.3) is 0 Å². The van der Waals surface area contributed by atoms with Gasteiger partial charge in [-0.05, 0) is 17.9 Å². The van der Waals surface area contributed by atoms with Crippen LogP contribution in [0.15, 0.2) is 30.3 Å². The normalized spacial score (nSPS) is 14.3. The molecule has 2 atom stereocenters. The molecular formula is C14H22N2O2. The zero-order chi connectivity index (χ0) is 13.5. The number of hydrogen-bond donors (Lipinski definition) is 3. The van der Waals surface area contributed by atoms with Crippen molar-refractivity contribution in [2.45, 2.75) is 32.4 Å². The molecule has 0 saturated carbocycles. The molecule has 2 unspecified atom stereocenters. The van der Waals surface area contributed by atoms with Crippen LogP contribution in [0.1, 0.15) is 31.9 Å². The van der Waals surface area contributed by atoms with Crippen LogP contribution in [0.4, 0.5) is 0 Å². The summed E-state index contributed by atoms with van der Waals surface area (Å²) < 4.78 is 0. The van der Waals surface area contributed by atoms with Gasteiger partial charge >= 0.3 is 0 Å². The lowest BCUT2D eigenvalue weighted by molar-refractivity contribution is -0.123. The minimum Gasteiger partial charge on any atom is -0.394 e. The van der Waals surface area contributed by atoms with Crippen molar-refractivity contribution in [3.63, 3.8) is 0 Å². The Balaban J connectivity index is 2.61. The second-order valence-electron chi connectivity index (χ2n) is 4.89. The first-order valence-corrected chi connectivity index (χ1v) is 6.26. The second-order valence-corrected chi connectivity index (χ2v) is 4.89. The smallest absolute Gasteiger partial charge is 0.237 e. The van der Waals surface area contributed by atoms with E-state index in [1.165, 1.54) is 0 Å². The van der Waals surface area contributed by atoms with Crippen LogP contribution < -0.4 is 11.1 Å². The molecule has 0 fully saturated rings. The van der Waals surface area contributed by atoms with Crippen LogP contribution in [-0.2, 0) is 4.79 Å². The van der Waals surface area contributed by atoms with Crippen LogP contribution >= 0.6 is 0 Å². The molecule has 100 valence electrons. The van der Waals surface area contributed by atoms with Crippen LogP contribution in [0, 0.1) is 5.92 Å². The number of benzene rings is 1. The van der Waals surface area contributed by atoms with E-state index >= 15 is 0 Å². The number of rotatable bonds is 6. The van der Waals surface area contributed by atoms with Crippen LogP contribution in [0.5, 0.6) is 0 Å². The third-order valence-electron chi connectivity index (χ3n) is 2.76. The Labute approximate surface area is 108 Å². The first-order valence-electron chi connectivity index (χ1n) is 6.26. The first kappa shape index (κ1) is 14.7. The number of amides is 1. The van der Waals surface area contributed by atoms with E-state index in [1.54, 1.807) is 0 Å². The maximum absolute atomic E-state index is 11.9. The molecule has 0 aliphatic rings. The van der Waals surface area contributed by atoms with Crippen molar-refractivity contribution in [3.05, 3.63) is 35.9 Å². The van der Waals surface area contributed by atoms with Gasteiger partial charge in [0.15, 0.2) is 0 Å². The van der Waals surface area contributed by atoms with E-state index in [1.807, 2.05) is 44.2 Å². The molecule has 1 amide bonds. The molecule has 4 N–H and O–H groups in total. The molecule has 1 aromatic rings. The number of aliphatic hydroxyl groups excluding tert-OH is 1. The van der Waals surface area contributed by atoms with Crippen molar-refractivity contribution in [1.82, 2.24) is 5.32 Å². The molecule has 0 radical (unpaired) electrons. The average molecular weight is 250 g/mol. The molecule has 0 saturated heterocycles. The zero-order valence-electron chi connectivity index (χ0n) is 11.0. The van der Waals surface area contributed by atoms with Crippen molar-refractivity contribution in [2.75, 3.05) is 6.61 Å². The molecule has 0 bridgehead atoms. The SMILES string of the molecule is CC(C)CC(N)C(=O)NC(CO)c1ccccc1. The quantitative estimate of drug-likeness (QED) is 0.710. The molecule has 0 heterocycles. The lowest BCUT2D eigenvalue weighted by Gasteiger charge is -2.20. The summed E-state index contributed by atoms with van der Waals surface area (Å²) in [5.74, 6) is 0.154. The van der Waals surface area contributed by atoms with Crippen molar-refractivity contribution in [2.24, 2.45) is 11.7 Å². The Hall–Kier alpha value is -1.39. The molecule has 4 heteroatoms. The maximum Gasteiger partial charge on any atom is 0.237 e. The van der Waals surface area contributed by atoms with Crippen LogP contribution in [0.2, 0.25) is 0 Å². The van der Waals surface area contributed by atoms with Gasteiger partial charge in [0.1, 0.15) is 0 Å². The van der Waals surface area contributed by atoms with E-state index in [2.05, 4.69) is 5.32 Å². The fraction of sp³-hybridized carbons (Fsp3) is 0.500. The highest BCUT2D eigenvalue weighted by Gasteiger charge is 2.19. The van der Waals surface area contributed by atoms with E-state index in [0.717, 1.165) is 5.56 Å². The zero-order valence-corrected chi connectivity index (χ0v) is 11.0. The largest absolute Gasteiger partial charge is 0.394 e. The van der Waals surface area contributed by atoms with Crippen molar-refractivity contribution >= 4 is 5.91 Å². The Morgan fingerprint density at radius 1 is 1.33 bits per heavy atom. The van der Waals surface area contributed by atoms with Gasteiger partial charge in [-0.1, -0.05) is 44.2 Å². The minimum absolute atomic E-state index is 0.135. The number of nitrogens with two attached hydrogens (primary N) is 1. The van der Waals surface area contributed by atoms with Gasteiger partial charge in [0.05, 0.1) is 18.7 Å². The van der Waals surface area contributed by atoms with E-state index < -0.39 is 12.1 Å². The minimum atomic E-state index is -0.525. The molecular weight excluding hydrogens is 228 g/mol. The van der Waals surface area contributed by atoms with E-state index in [-0.39, 0.29) is 12.5 Å². The Bertz CT molecular complexity index is 365. The molecule has 1 rings (SSSR count). The summed E-state index contributed by atoms with van der Waals surface area (Å²) in [7, 11) is 0. The first-order chi connectivity index (χ1) is 8.54. The molecule has 0 aliphatic heterocycles. The summed E-state index contributed by atoms with van der Waals surface area (Å²) in [5.41, 5.74) is 6.69. The number of carbonyl (C=O) groups is 1. The topological polar surface area (TPSA) is 75.4 Å². The highest BCUT2D eigenvalue weighted by Crippen LogP contribution is 2.12. The molecule has 0 spiro atoms. The van der Waals surface area contributed by atoms with Gasteiger partial charge in [0, 0.05) is 0 Å². The highest BCUT2D eigenvalue weighted by molar-refractivity contribution is 5.81. The van der Waals surface area contributed by atoms with Gasteiger partial charge in [-0.25, -0.2) is 0 Å². The van der Waals surface area contributed by atoms with Gasteiger partial charge in [-0.15, -0.1) is 0 Å². The monoisotopic (exact) mass is 250 g/mol. The molecule has 0 aromatic heterocycles. The van der Waals surface area contributed by atoms with Gasteiger partial charge in [-0.3, -0.25) is 4.79 Å². The molecule has 4 nitrogen and oxygen atoms in total. The van der Waals surface area contributed by atoms with Gasteiger partial charge < -0.3 is 16.2 Å². The summed E-state index contributed by atoms with van der Waals surface area (Å²) >= 11 is 0. The van der Waals surface area contributed by atoms with Crippen LogP contribution in [0.25, 0.3) is 0 Å². The summed E-state index contributed by atoms with van der Waals surface area (Å²) in [4.78, 5) is 11.9. The highest BCUT2D eigenvalue weighted by atomic mass is 16.3. The maximum atomic E-state index is 11.9. The fourth-order valence-corrected chi connectivity index (χ4v) is 1.81. The third kappa shape index (κ3) is 4.47. The molecule has 0 aliphatic carbocycles. The predicted octanol–water partition coefficient (Wildman–Crippen LogP) is 1.21. The summed E-state index contributed by atoms with van der Waals surface area (Å²) in [6.45, 7) is 3.91. The van der Waals surface area contributed by atoms with Gasteiger partial charge in [0.2, 0.25) is 5.91 Å². The summed E-state index contributed by atoms with van der Waals surface area (Å²) in [5, 5.41) is 12.1. The average Bonchev–Trinajstić information content (AvgIpc) is 2.35. The van der Waals surface area contributed by atoms with Crippen molar-refractivity contribution in [3.8, 4) is 0 Å². The summed E-state index contributed by atoms with van der Waals surface area (Å²) in [6.07, 6.45) is 0.638.